The Morgan fingerprint density at radius 3 is 2.89 bits per heavy atom. The highest BCUT2D eigenvalue weighted by atomic mass is 35.5. The van der Waals surface area contributed by atoms with E-state index >= 15 is 0 Å². The monoisotopic (exact) mass is 263 g/mol. The van der Waals surface area contributed by atoms with Crippen molar-refractivity contribution in [2.24, 2.45) is 5.92 Å². The molecule has 0 N–H and O–H groups in total. The number of pyridine rings is 1. The Hall–Kier alpha value is -1.09. The summed E-state index contributed by atoms with van der Waals surface area (Å²) in [5.74, 6) is 2.53. The fraction of sp³-hybridized carbons (Fsp3) is 0.571. The second-order valence-electron chi connectivity index (χ2n) is 5.37. The molecule has 18 heavy (non-hydrogen) atoms. The van der Waals surface area contributed by atoms with Crippen LogP contribution in [0.25, 0.3) is 11.2 Å². The second kappa shape index (κ2) is 4.54. The number of hydrogen-bond donors (Lipinski definition) is 0. The smallest absolute Gasteiger partial charge is 0.160 e. The van der Waals surface area contributed by atoms with Crippen LogP contribution in [0.15, 0.2) is 12.3 Å². The average molecular weight is 264 g/mol. The van der Waals surface area contributed by atoms with Gasteiger partial charge in [0.05, 0.1) is 0 Å². The van der Waals surface area contributed by atoms with Crippen molar-refractivity contribution in [3.63, 3.8) is 0 Å². The predicted octanol–water partition coefficient (Wildman–Crippen LogP) is 3.49. The normalized spacial score (nSPS) is 23.3. The van der Waals surface area contributed by atoms with E-state index in [1.54, 1.807) is 0 Å². The Bertz CT molecular complexity index is 570. The summed E-state index contributed by atoms with van der Waals surface area (Å²) in [6, 6.07) is 2.59. The van der Waals surface area contributed by atoms with E-state index < -0.39 is 0 Å². The molecule has 2 heterocycles. The molecule has 2 aromatic rings. The molecule has 0 bridgehead atoms. The van der Waals surface area contributed by atoms with Gasteiger partial charge in [0, 0.05) is 24.5 Å². The number of imidazole rings is 1. The van der Waals surface area contributed by atoms with E-state index in [4.69, 9.17) is 16.6 Å². The summed E-state index contributed by atoms with van der Waals surface area (Å²) in [6.07, 6.45) is 5.16. The number of aromatic nitrogens is 3. The fourth-order valence-corrected chi connectivity index (χ4v) is 3.04. The van der Waals surface area contributed by atoms with Gasteiger partial charge in [0.15, 0.2) is 5.65 Å². The van der Waals surface area contributed by atoms with Crippen LogP contribution in [0, 0.1) is 12.8 Å². The van der Waals surface area contributed by atoms with Gasteiger partial charge < -0.3 is 4.57 Å². The van der Waals surface area contributed by atoms with Crippen LogP contribution < -0.4 is 0 Å². The highest BCUT2D eigenvalue weighted by Crippen LogP contribution is 2.39. The van der Waals surface area contributed by atoms with E-state index in [2.05, 4.69) is 23.4 Å². The zero-order valence-electron chi connectivity index (χ0n) is 10.9. The molecule has 4 heteroatoms. The summed E-state index contributed by atoms with van der Waals surface area (Å²) < 4.78 is 2.32. The van der Waals surface area contributed by atoms with Gasteiger partial charge in [0.25, 0.3) is 0 Å². The van der Waals surface area contributed by atoms with E-state index in [1.807, 2.05) is 12.3 Å². The third kappa shape index (κ3) is 1.81. The molecular formula is C14H18ClN3. The molecule has 0 radical (unpaired) electrons. The summed E-state index contributed by atoms with van der Waals surface area (Å²) in [7, 11) is 0. The number of aryl methyl sites for hydroxylation is 2. The maximum atomic E-state index is 5.90. The quantitative estimate of drug-likeness (QED) is 0.794. The summed E-state index contributed by atoms with van der Waals surface area (Å²) in [5, 5.41) is 0. The molecule has 0 unspecified atom stereocenters. The number of hydrogen-bond acceptors (Lipinski definition) is 2. The minimum absolute atomic E-state index is 0.567. The number of halogens is 1. The van der Waals surface area contributed by atoms with E-state index in [0.717, 1.165) is 29.3 Å². The van der Waals surface area contributed by atoms with Crippen molar-refractivity contribution in [1.29, 1.82) is 0 Å². The summed E-state index contributed by atoms with van der Waals surface area (Å²) in [4.78, 5) is 9.28. The first-order valence-corrected chi connectivity index (χ1v) is 7.12. The van der Waals surface area contributed by atoms with Gasteiger partial charge in [-0.25, -0.2) is 9.97 Å². The van der Waals surface area contributed by atoms with E-state index in [-0.39, 0.29) is 0 Å². The van der Waals surface area contributed by atoms with Crippen molar-refractivity contribution < 1.29 is 0 Å². The minimum Gasteiger partial charge on any atom is -0.310 e. The summed E-state index contributed by atoms with van der Waals surface area (Å²) in [5.41, 5.74) is 3.27. The lowest BCUT2D eigenvalue weighted by atomic mass is 9.81. The van der Waals surface area contributed by atoms with Gasteiger partial charge in [0.2, 0.25) is 0 Å². The maximum absolute atomic E-state index is 5.90. The average Bonchev–Trinajstić information content (AvgIpc) is 2.65. The molecule has 0 spiro atoms. The molecule has 96 valence electrons. The Labute approximate surface area is 112 Å². The van der Waals surface area contributed by atoms with Crippen LogP contribution in [-0.4, -0.2) is 20.4 Å². The standard InChI is InChI=1S/C14H18ClN3/c1-9-7-11(8-9)18-12(3-5-15)17-13-10(2)4-6-16-14(13)18/h4,6,9,11H,3,5,7-8H2,1-2H3. The molecule has 0 aromatic carbocycles. The first-order chi connectivity index (χ1) is 8.70. The van der Waals surface area contributed by atoms with Crippen molar-refractivity contribution in [3.05, 3.63) is 23.7 Å². The van der Waals surface area contributed by atoms with Gasteiger partial charge in [0.1, 0.15) is 11.3 Å². The Morgan fingerprint density at radius 2 is 2.22 bits per heavy atom. The second-order valence-corrected chi connectivity index (χ2v) is 5.75. The Kier molecular flexibility index (Phi) is 3.02. The molecule has 3 rings (SSSR count). The topological polar surface area (TPSA) is 30.7 Å². The van der Waals surface area contributed by atoms with Crippen LogP contribution in [0.1, 0.15) is 37.2 Å². The van der Waals surface area contributed by atoms with Crippen molar-refractivity contribution in [1.82, 2.24) is 14.5 Å². The summed E-state index contributed by atoms with van der Waals surface area (Å²) >= 11 is 5.90. The first-order valence-electron chi connectivity index (χ1n) is 6.59. The van der Waals surface area contributed by atoms with Gasteiger partial charge >= 0.3 is 0 Å². The number of rotatable bonds is 3. The van der Waals surface area contributed by atoms with Crippen LogP contribution in [0.2, 0.25) is 0 Å². The van der Waals surface area contributed by atoms with Crippen molar-refractivity contribution >= 4 is 22.8 Å². The molecule has 1 aliphatic carbocycles. The Morgan fingerprint density at radius 1 is 1.44 bits per heavy atom. The highest BCUT2D eigenvalue weighted by Gasteiger charge is 2.30. The van der Waals surface area contributed by atoms with E-state index in [1.165, 1.54) is 18.4 Å². The van der Waals surface area contributed by atoms with Crippen molar-refractivity contribution in [3.8, 4) is 0 Å². The molecule has 1 saturated carbocycles. The highest BCUT2D eigenvalue weighted by molar-refractivity contribution is 6.17. The predicted molar refractivity (Wildman–Crippen MR) is 74.1 cm³/mol. The third-order valence-electron chi connectivity index (χ3n) is 3.89. The number of fused-ring (bicyclic) bond motifs is 1. The largest absolute Gasteiger partial charge is 0.310 e. The van der Waals surface area contributed by atoms with Crippen molar-refractivity contribution in [2.45, 2.75) is 39.2 Å². The zero-order valence-corrected chi connectivity index (χ0v) is 11.6. The number of alkyl halides is 1. The minimum atomic E-state index is 0.567. The van der Waals surface area contributed by atoms with Crippen molar-refractivity contribution in [2.75, 3.05) is 5.88 Å². The van der Waals surface area contributed by atoms with Gasteiger partial charge in [-0.05, 0) is 37.3 Å². The lowest BCUT2D eigenvalue weighted by Crippen LogP contribution is -2.26. The molecule has 0 aliphatic heterocycles. The SMILES string of the molecule is Cc1ccnc2c1nc(CCCl)n2C1CC(C)C1. The molecule has 1 fully saturated rings. The molecule has 3 nitrogen and oxygen atoms in total. The molecule has 0 saturated heterocycles. The van der Waals surface area contributed by atoms with E-state index in [0.29, 0.717) is 11.9 Å². The van der Waals surface area contributed by atoms with Gasteiger partial charge in [-0.1, -0.05) is 6.92 Å². The lowest BCUT2D eigenvalue weighted by molar-refractivity contribution is 0.216. The molecule has 2 aromatic heterocycles. The van der Waals surface area contributed by atoms with Crippen LogP contribution in [-0.2, 0) is 6.42 Å². The third-order valence-corrected chi connectivity index (χ3v) is 4.07. The van der Waals surface area contributed by atoms with Gasteiger partial charge in [-0.2, -0.15) is 0 Å². The van der Waals surface area contributed by atoms with Gasteiger partial charge in [-0.15, -0.1) is 11.6 Å². The van der Waals surface area contributed by atoms with E-state index in [9.17, 15) is 0 Å². The maximum Gasteiger partial charge on any atom is 0.160 e. The van der Waals surface area contributed by atoms with Gasteiger partial charge in [-0.3, -0.25) is 0 Å². The molecule has 0 atom stereocenters. The fourth-order valence-electron chi connectivity index (χ4n) is 2.87. The van der Waals surface area contributed by atoms with Crippen LogP contribution in [0.3, 0.4) is 0 Å². The number of nitrogens with zero attached hydrogens (tertiary/aromatic N) is 3. The van der Waals surface area contributed by atoms with Crippen LogP contribution in [0.4, 0.5) is 0 Å². The van der Waals surface area contributed by atoms with Crippen LogP contribution in [0.5, 0.6) is 0 Å². The lowest BCUT2D eigenvalue weighted by Gasteiger charge is -2.34. The first kappa shape index (κ1) is 12.0. The Balaban J connectivity index is 2.13. The van der Waals surface area contributed by atoms with Crippen LogP contribution >= 0.6 is 11.6 Å². The molecule has 0 amide bonds. The molecular weight excluding hydrogens is 246 g/mol. The summed E-state index contributed by atoms with van der Waals surface area (Å²) in [6.45, 7) is 4.39. The molecule has 1 aliphatic rings. The zero-order chi connectivity index (χ0) is 12.7.